The van der Waals surface area contributed by atoms with Crippen molar-refractivity contribution in [2.75, 3.05) is 23.3 Å². The van der Waals surface area contributed by atoms with Crippen LogP contribution in [0.15, 0.2) is 24.3 Å². The summed E-state index contributed by atoms with van der Waals surface area (Å²) in [4.78, 5) is 14.4. The lowest BCUT2D eigenvalue weighted by atomic mass is 10.1. The highest BCUT2D eigenvalue weighted by Crippen LogP contribution is 2.45. The summed E-state index contributed by atoms with van der Waals surface area (Å²) in [5.74, 6) is 0.0592. The number of nitrogens with two attached hydrogens (primary N) is 1. The van der Waals surface area contributed by atoms with E-state index in [1.54, 1.807) is 0 Å². The van der Waals surface area contributed by atoms with Gasteiger partial charge in [0, 0.05) is 30.5 Å². The number of anilines is 2. The first kappa shape index (κ1) is 14.9. The molecule has 0 aliphatic heterocycles. The van der Waals surface area contributed by atoms with Gasteiger partial charge in [-0.1, -0.05) is 0 Å². The van der Waals surface area contributed by atoms with E-state index in [0.717, 1.165) is 25.1 Å². The molecule has 20 heavy (non-hydrogen) atoms. The second-order valence-corrected chi connectivity index (χ2v) is 5.87. The van der Waals surface area contributed by atoms with Gasteiger partial charge in [0.1, 0.15) is 0 Å². The second kappa shape index (κ2) is 5.83. The van der Waals surface area contributed by atoms with Crippen molar-refractivity contribution in [3.05, 3.63) is 24.3 Å². The molecule has 0 spiro atoms. The molecule has 0 saturated heterocycles. The molecule has 0 atom stereocenters. The number of nitrogens with zero attached hydrogens (tertiary/aromatic N) is 1. The van der Waals surface area contributed by atoms with E-state index in [2.05, 4.69) is 43.1 Å². The van der Waals surface area contributed by atoms with E-state index >= 15 is 0 Å². The first-order valence-corrected chi connectivity index (χ1v) is 7.40. The first-order valence-electron chi connectivity index (χ1n) is 7.40. The third-order valence-electron chi connectivity index (χ3n) is 4.15. The quantitative estimate of drug-likeness (QED) is 0.839. The molecule has 1 aliphatic rings. The SMILES string of the molecule is CCN(c1ccc(NC(=O)C2(CN)CC2)cc1)C(C)C. The molecule has 1 saturated carbocycles. The van der Waals surface area contributed by atoms with Crippen LogP contribution in [0.4, 0.5) is 11.4 Å². The van der Waals surface area contributed by atoms with E-state index in [9.17, 15) is 4.79 Å². The maximum atomic E-state index is 12.1. The summed E-state index contributed by atoms with van der Waals surface area (Å²) < 4.78 is 0. The van der Waals surface area contributed by atoms with Crippen LogP contribution < -0.4 is 16.0 Å². The molecule has 1 fully saturated rings. The van der Waals surface area contributed by atoms with Crippen LogP contribution in [0.1, 0.15) is 33.6 Å². The summed E-state index contributed by atoms with van der Waals surface area (Å²) in [6.45, 7) is 7.91. The first-order chi connectivity index (χ1) is 9.52. The van der Waals surface area contributed by atoms with Crippen molar-refractivity contribution in [1.82, 2.24) is 0 Å². The summed E-state index contributed by atoms with van der Waals surface area (Å²) in [6, 6.07) is 8.50. The summed E-state index contributed by atoms with van der Waals surface area (Å²) in [5.41, 5.74) is 7.40. The molecule has 0 heterocycles. The number of hydrogen-bond acceptors (Lipinski definition) is 3. The summed E-state index contributed by atoms with van der Waals surface area (Å²) in [5, 5.41) is 2.97. The third-order valence-corrected chi connectivity index (χ3v) is 4.15. The smallest absolute Gasteiger partial charge is 0.231 e. The number of amides is 1. The average molecular weight is 275 g/mol. The zero-order chi connectivity index (χ0) is 14.8. The van der Waals surface area contributed by atoms with Gasteiger partial charge in [0.2, 0.25) is 5.91 Å². The van der Waals surface area contributed by atoms with Crippen molar-refractivity contribution in [2.45, 2.75) is 39.7 Å². The minimum Gasteiger partial charge on any atom is -0.369 e. The minimum atomic E-state index is -0.300. The van der Waals surface area contributed by atoms with Crippen molar-refractivity contribution in [3.8, 4) is 0 Å². The average Bonchev–Trinajstić information content (AvgIpc) is 3.22. The van der Waals surface area contributed by atoms with E-state index < -0.39 is 0 Å². The van der Waals surface area contributed by atoms with Crippen LogP contribution in [-0.2, 0) is 4.79 Å². The molecule has 110 valence electrons. The predicted molar refractivity (Wildman–Crippen MR) is 83.9 cm³/mol. The minimum absolute atomic E-state index is 0.0592. The van der Waals surface area contributed by atoms with Crippen LogP contribution in [0.5, 0.6) is 0 Å². The topological polar surface area (TPSA) is 58.4 Å². The third kappa shape index (κ3) is 2.96. The predicted octanol–water partition coefficient (Wildman–Crippen LogP) is 2.60. The fourth-order valence-electron chi connectivity index (χ4n) is 2.52. The van der Waals surface area contributed by atoms with Gasteiger partial charge in [-0.25, -0.2) is 0 Å². The van der Waals surface area contributed by atoms with E-state index in [-0.39, 0.29) is 11.3 Å². The molecule has 2 rings (SSSR count). The molecular weight excluding hydrogens is 250 g/mol. The molecule has 4 nitrogen and oxygen atoms in total. The lowest BCUT2D eigenvalue weighted by Gasteiger charge is -2.27. The number of nitrogens with one attached hydrogen (secondary N) is 1. The van der Waals surface area contributed by atoms with Crippen LogP contribution in [-0.4, -0.2) is 25.0 Å². The standard InChI is InChI=1S/C16H25N3O/c1-4-19(12(2)3)14-7-5-13(6-8-14)18-15(20)16(11-17)9-10-16/h5-8,12H,4,9-11,17H2,1-3H3,(H,18,20). The molecule has 4 heteroatoms. The Morgan fingerprint density at radius 1 is 1.35 bits per heavy atom. The van der Waals surface area contributed by atoms with Gasteiger partial charge in [0.15, 0.2) is 0 Å². The van der Waals surface area contributed by atoms with Crippen molar-refractivity contribution in [1.29, 1.82) is 0 Å². The van der Waals surface area contributed by atoms with Crippen LogP contribution >= 0.6 is 0 Å². The van der Waals surface area contributed by atoms with Gasteiger partial charge in [-0.05, 0) is 57.9 Å². The van der Waals surface area contributed by atoms with E-state index in [4.69, 9.17) is 5.73 Å². The molecule has 1 aromatic carbocycles. The highest BCUT2D eigenvalue weighted by atomic mass is 16.2. The highest BCUT2D eigenvalue weighted by Gasteiger charge is 2.48. The molecule has 3 N–H and O–H groups in total. The Balaban J connectivity index is 2.03. The molecule has 0 radical (unpaired) electrons. The summed E-state index contributed by atoms with van der Waals surface area (Å²) in [7, 11) is 0. The number of carbonyl (C=O) groups is 1. The molecular formula is C16H25N3O. The Bertz CT molecular complexity index is 463. The highest BCUT2D eigenvalue weighted by molar-refractivity contribution is 5.97. The van der Waals surface area contributed by atoms with Crippen molar-refractivity contribution in [3.63, 3.8) is 0 Å². The Hall–Kier alpha value is -1.55. The van der Waals surface area contributed by atoms with Gasteiger partial charge < -0.3 is 16.0 Å². The van der Waals surface area contributed by atoms with E-state index in [1.165, 1.54) is 5.69 Å². The molecule has 0 aromatic heterocycles. The van der Waals surface area contributed by atoms with Crippen LogP contribution in [0.25, 0.3) is 0 Å². The Labute approximate surface area is 121 Å². The molecule has 0 bridgehead atoms. The van der Waals surface area contributed by atoms with Crippen LogP contribution in [0.2, 0.25) is 0 Å². The van der Waals surface area contributed by atoms with Gasteiger partial charge in [0.05, 0.1) is 5.41 Å². The number of carbonyl (C=O) groups excluding carboxylic acids is 1. The van der Waals surface area contributed by atoms with E-state index in [0.29, 0.717) is 12.6 Å². The molecule has 1 aromatic rings. The maximum Gasteiger partial charge on any atom is 0.231 e. The number of rotatable bonds is 6. The largest absolute Gasteiger partial charge is 0.369 e. The summed E-state index contributed by atoms with van der Waals surface area (Å²) >= 11 is 0. The van der Waals surface area contributed by atoms with Gasteiger partial charge in [-0.2, -0.15) is 0 Å². The summed E-state index contributed by atoms with van der Waals surface area (Å²) in [6.07, 6.45) is 1.81. The zero-order valence-electron chi connectivity index (χ0n) is 12.6. The normalized spacial score (nSPS) is 16.1. The van der Waals surface area contributed by atoms with Gasteiger partial charge >= 0.3 is 0 Å². The Morgan fingerprint density at radius 2 is 1.95 bits per heavy atom. The van der Waals surface area contributed by atoms with Gasteiger partial charge in [-0.3, -0.25) is 4.79 Å². The maximum absolute atomic E-state index is 12.1. The van der Waals surface area contributed by atoms with Gasteiger partial charge in [-0.15, -0.1) is 0 Å². The Morgan fingerprint density at radius 3 is 2.35 bits per heavy atom. The number of hydrogen-bond donors (Lipinski definition) is 2. The van der Waals surface area contributed by atoms with Crippen LogP contribution in [0, 0.1) is 5.41 Å². The second-order valence-electron chi connectivity index (χ2n) is 5.87. The van der Waals surface area contributed by atoms with Crippen LogP contribution in [0.3, 0.4) is 0 Å². The van der Waals surface area contributed by atoms with Crippen molar-refractivity contribution in [2.24, 2.45) is 11.1 Å². The van der Waals surface area contributed by atoms with E-state index in [1.807, 2.05) is 12.1 Å². The van der Waals surface area contributed by atoms with Crippen molar-refractivity contribution < 1.29 is 4.79 Å². The Kier molecular flexibility index (Phi) is 4.33. The molecule has 1 aliphatic carbocycles. The van der Waals surface area contributed by atoms with Gasteiger partial charge in [0.25, 0.3) is 0 Å². The van der Waals surface area contributed by atoms with Crippen molar-refractivity contribution >= 4 is 17.3 Å². The zero-order valence-corrected chi connectivity index (χ0v) is 12.6. The monoisotopic (exact) mass is 275 g/mol. The fraction of sp³-hybridized carbons (Fsp3) is 0.562. The fourth-order valence-corrected chi connectivity index (χ4v) is 2.52. The molecule has 0 unspecified atom stereocenters. The lowest BCUT2D eigenvalue weighted by Crippen LogP contribution is -2.31. The number of benzene rings is 1. The molecule has 1 amide bonds. The lowest BCUT2D eigenvalue weighted by molar-refractivity contribution is -0.120.